The molecule has 0 bridgehead atoms. The molecule has 28 heavy (non-hydrogen) atoms. The second kappa shape index (κ2) is 8.05. The van der Waals surface area contributed by atoms with E-state index >= 15 is 0 Å². The molecule has 0 radical (unpaired) electrons. The van der Waals surface area contributed by atoms with E-state index in [1.54, 1.807) is 12.1 Å². The predicted octanol–water partition coefficient (Wildman–Crippen LogP) is 4.96. The molecule has 1 aromatic heterocycles. The summed E-state index contributed by atoms with van der Waals surface area (Å²) in [5, 5.41) is 0. The fraction of sp³-hybridized carbons (Fsp3) is 0.174. The quantitative estimate of drug-likeness (QED) is 0.642. The third-order valence-electron chi connectivity index (χ3n) is 4.81. The first-order valence-electron chi connectivity index (χ1n) is 9.18. The number of carbonyl (C=O) groups excluding carboxylic acids is 2. The molecule has 0 saturated carbocycles. The van der Waals surface area contributed by atoms with Crippen LogP contribution in [-0.4, -0.2) is 17.3 Å². The molecule has 0 spiro atoms. The first-order chi connectivity index (χ1) is 13.5. The lowest BCUT2D eigenvalue weighted by atomic mass is 10.0. The number of anilines is 2. The van der Waals surface area contributed by atoms with Crippen molar-refractivity contribution in [3.63, 3.8) is 0 Å². The van der Waals surface area contributed by atoms with Crippen molar-refractivity contribution in [3.05, 3.63) is 76.9 Å². The summed E-state index contributed by atoms with van der Waals surface area (Å²) in [5.74, 6) is 0.389. The minimum absolute atomic E-state index is 0.389. The second-order valence-electron chi connectivity index (χ2n) is 6.65. The second-order valence-corrected chi connectivity index (χ2v) is 6.65. The van der Waals surface area contributed by atoms with Gasteiger partial charge in [0.2, 0.25) is 0 Å². The molecule has 5 nitrogen and oxygen atoms in total. The van der Waals surface area contributed by atoms with Crippen molar-refractivity contribution >= 4 is 23.8 Å². The van der Waals surface area contributed by atoms with Crippen LogP contribution in [0.15, 0.2) is 54.6 Å². The molecule has 2 aromatic carbocycles. The minimum Gasteiger partial charge on any atom is -0.351 e. The summed E-state index contributed by atoms with van der Waals surface area (Å²) in [6.07, 6.45) is 1.52. The number of para-hydroxylation sites is 1. The number of urea groups is 1. The number of nitrogens with two attached hydrogens (primary N) is 1. The Morgan fingerprint density at radius 3 is 2.39 bits per heavy atom. The molecule has 142 valence electrons. The molecule has 0 saturated heterocycles. The van der Waals surface area contributed by atoms with Gasteiger partial charge in [-0.25, -0.2) is 14.7 Å². The SMILES string of the molecule is CCc1cccc(C)c1N(C(N)=O)c1ccc(C=O)c(-c2ccccc2C)n1. The molecule has 0 aliphatic rings. The van der Waals surface area contributed by atoms with Crippen LogP contribution < -0.4 is 10.6 Å². The van der Waals surface area contributed by atoms with E-state index in [1.165, 1.54) is 4.90 Å². The lowest BCUT2D eigenvalue weighted by Gasteiger charge is -2.25. The highest BCUT2D eigenvalue weighted by molar-refractivity contribution is 6.00. The van der Waals surface area contributed by atoms with Crippen LogP contribution in [0.1, 0.15) is 34.0 Å². The molecule has 0 fully saturated rings. The Labute approximate surface area is 164 Å². The van der Waals surface area contributed by atoms with Crippen molar-refractivity contribution in [2.24, 2.45) is 5.73 Å². The Morgan fingerprint density at radius 1 is 1.04 bits per heavy atom. The van der Waals surface area contributed by atoms with Gasteiger partial charge in [-0.3, -0.25) is 4.79 Å². The highest BCUT2D eigenvalue weighted by Gasteiger charge is 2.22. The molecular formula is C23H23N3O2. The Bertz CT molecular complexity index is 1040. The Balaban J connectivity index is 2.25. The number of hydrogen-bond donors (Lipinski definition) is 1. The average Bonchev–Trinajstić information content (AvgIpc) is 2.69. The zero-order valence-corrected chi connectivity index (χ0v) is 16.3. The third kappa shape index (κ3) is 3.51. The van der Waals surface area contributed by atoms with E-state index < -0.39 is 6.03 Å². The molecule has 2 N–H and O–H groups in total. The Morgan fingerprint density at radius 2 is 1.75 bits per heavy atom. The number of primary amides is 1. The molecular weight excluding hydrogens is 350 g/mol. The summed E-state index contributed by atoms with van der Waals surface area (Å²) >= 11 is 0. The molecule has 0 atom stereocenters. The molecule has 3 rings (SSSR count). The van der Waals surface area contributed by atoms with Gasteiger partial charge in [0.1, 0.15) is 5.82 Å². The topological polar surface area (TPSA) is 76.3 Å². The van der Waals surface area contributed by atoms with E-state index in [2.05, 4.69) is 4.98 Å². The van der Waals surface area contributed by atoms with Crippen LogP contribution in [0.3, 0.4) is 0 Å². The van der Waals surface area contributed by atoms with E-state index in [-0.39, 0.29) is 0 Å². The predicted molar refractivity (Wildman–Crippen MR) is 112 cm³/mol. The maximum Gasteiger partial charge on any atom is 0.325 e. The van der Waals surface area contributed by atoms with Crippen LogP contribution in [0.5, 0.6) is 0 Å². The van der Waals surface area contributed by atoms with Gasteiger partial charge in [-0.15, -0.1) is 0 Å². The van der Waals surface area contributed by atoms with Crippen molar-refractivity contribution in [2.45, 2.75) is 27.2 Å². The van der Waals surface area contributed by atoms with Gasteiger partial charge in [0.05, 0.1) is 11.4 Å². The largest absolute Gasteiger partial charge is 0.351 e. The van der Waals surface area contributed by atoms with Crippen LogP contribution in [0.2, 0.25) is 0 Å². The number of benzene rings is 2. The number of pyridine rings is 1. The molecule has 2 amide bonds. The number of aryl methyl sites for hydroxylation is 3. The molecule has 0 aliphatic heterocycles. The Kier molecular flexibility index (Phi) is 5.54. The normalized spacial score (nSPS) is 10.5. The van der Waals surface area contributed by atoms with Gasteiger partial charge in [0.15, 0.2) is 6.29 Å². The van der Waals surface area contributed by atoms with Gasteiger partial charge >= 0.3 is 6.03 Å². The average molecular weight is 373 g/mol. The standard InChI is InChI=1S/C23H23N3O2/c1-4-17-10-7-9-16(3)22(17)26(23(24)28)20-13-12-18(14-27)21(25-20)19-11-6-5-8-15(19)2/h5-14H,4H2,1-3H3,(H2,24,28). The number of hydrogen-bond acceptors (Lipinski definition) is 3. The highest BCUT2D eigenvalue weighted by atomic mass is 16.2. The summed E-state index contributed by atoms with van der Waals surface area (Å²) < 4.78 is 0. The van der Waals surface area contributed by atoms with Gasteiger partial charge in [0, 0.05) is 11.1 Å². The maximum atomic E-state index is 12.4. The molecule has 3 aromatic rings. The van der Waals surface area contributed by atoms with Crippen LogP contribution >= 0.6 is 0 Å². The highest BCUT2D eigenvalue weighted by Crippen LogP contribution is 2.33. The van der Waals surface area contributed by atoms with Crippen molar-refractivity contribution in [3.8, 4) is 11.3 Å². The van der Waals surface area contributed by atoms with Gasteiger partial charge in [-0.1, -0.05) is 49.4 Å². The number of aldehydes is 1. The van der Waals surface area contributed by atoms with E-state index in [9.17, 15) is 9.59 Å². The molecule has 1 heterocycles. The van der Waals surface area contributed by atoms with Crippen molar-refractivity contribution in [1.29, 1.82) is 0 Å². The lowest BCUT2D eigenvalue weighted by molar-refractivity contribution is 0.112. The smallest absolute Gasteiger partial charge is 0.325 e. The fourth-order valence-corrected chi connectivity index (χ4v) is 3.40. The number of rotatable bonds is 5. The first-order valence-corrected chi connectivity index (χ1v) is 9.18. The number of aromatic nitrogens is 1. The maximum absolute atomic E-state index is 12.4. The van der Waals surface area contributed by atoms with Gasteiger partial charge in [-0.05, 0) is 49.1 Å². The zero-order valence-electron chi connectivity index (χ0n) is 16.3. The van der Waals surface area contributed by atoms with Crippen LogP contribution in [0.25, 0.3) is 11.3 Å². The molecule has 5 heteroatoms. The van der Waals surface area contributed by atoms with Gasteiger partial charge < -0.3 is 5.73 Å². The summed E-state index contributed by atoms with van der Waals surface area (Å²) in [7, 11) is 0. The lowest BCUT2D eigenvalue weighted by Crippen LogP contribution is -2.33. The van der Waals surface area contributed by atoms with Crippen LogP contribution in [0, 0.1) is 13.8 Å². The fourth-order valence-electron chi connectivity index (χ4n) is 3.40. The molecule has 0 unspecified atom stereocenters. The van der Waals surface area contributed by atoms with E-state index in [0.29, 0.717) is 17.1 Å². The summed E-state index contributed by atoms with van der Waals surface area (Å²) in [4.78, 5) is 30.1. The van der Waals surface area contributed by atoms with E-state index in [1.807, 2.05) is 63.2 Å². The van der Waals surface area contributed by atoms with Crippen molar-refractivity contribution < 1.29 is 9.59 Å². The monoisotopic (exact) mass is 373 g/mol. The summed E-state index contributed by atoms with van der Waals surface area (Å²) in [6, 6.07) is 16.3. The van der Waals surface area contributed by atoms with E-state index in [0.717, 1.165) is 40.6 Å². The van der Waals surface area contributed by atoms with Crippen LogP contribution in [-0.2, 0) is 6.42 Å². The van der Waals surface area contributed by atoms with Crippen molar-refractivity contribution in [1.82, 2.24) is 4.98 Å². The number of nitrogens with zero attached hydrogens (tertiary/aromatic N) is 2. The third-order valence-corrected chi connectivity index (χ3v) is 4.81. The zero-order chi connectivity index (χ0) is 20.3. The Hall–Kier alpha value is -3.47. The van der Waals surface area contributed by atoms with Crippen molar-refractivity contribution in [2.75, 3.05) is 4.90 Å². The van der Waals surface area contributed by atoms with Gasteiger partial charge in [0.25, 0.3) is 0 Å². The van der Waals surface area contributed by atoms with Gasteiger partial charge in [-0.2, -0.15) is 0 Å². The molecule has 0 aliphatic carbocycles. The number of amides is 2. The summed E-state index contributed by atoms with van der Waals surface area (Å²) in [5.41, 5.74) is 11.2. The minimum atomic E-state index is -0.619. The van der Waals surface area contributed by atoms with E-state index in [4.69, 9.17) is 5.73 Å². The van der Waals surface area contributed by atoms with Crippen LogP contribution in [0.4, 0.5) is 16.3 Å². The number of carbonyl (C=O) groups is 2. The summed E-state index contributed by atoms with van der Waals surface area (Å²) in [6.45, 7) is 5.92. The first kappa shape index (κ1) is 19.3.